The van der Waals surface area contributed by atoms with E-state index in [1.54, 1.807) is 6.92 Å². The van der Waals surface area contributed by atoms with Gasteiger partial charge in [0.1, 0.15) is 0 Å². The summed E-state index contributed by atoms with van der Waals surface area (Å²) in [6.45, 7) is 2.98. The molecule has 1 N–H and O–H groups in total. The minimum Gasteiger partial charge on any atom is -0.393 e. The first-order chi connectivity index (χ1) is 7.49. The molecule has 92 valence electrons. The fourth-order valence-corrected chi connectivity index (χ4v) is 2.28. The van der Waals surface area contributed by atoms with Gasteiger partial charge in [0.2, 0.25) is 0 Å². The Labute approximate surface area is 96.4 Å². The first-order valence-electron chi connectivity index (χ1n) is 6.03. The predicted octanol–water partition coefficient (Wildman–Crippen LogP) is 2.43. The van der Waals surface area contributed by atoms with Crippen LogP contribution in [0.5, 0.6) is 0 Å². The lowest BCUT2D eigenvalue weighted by Crippen LogP contribution is -2.33. The molecule has 0 heterocycles. The largest absolute Gasteiger partial charge is 0.393 e. The van der Waals surface area contributed by atoms with E-state index in [2.05, 4.69) is 5.18 Å². The van der Waals surface area contributed by atoms with Gasteiger partial charge in [-0.05, 0) is 45.4 Å². The zero-order valence-corrected chi connectivity index (χ0v) is 10.1. The number of aliphatic hydroxyl groups is 1. The van der Waals surface area contributed by atoms with Crippen molar-refractivity contribution in [2.24, 2.45) is 11.1 Å². The van der Waals surface area contributed by atoms with E-state index >= 15 is 0 Å². The highest BCUT2D eigenvalue weighted by molar-refractivity contribution is 5.85. The van der Waals surface area contributed by atoms with E-state index in [0.29, 0.717) is 12.8 Å². The molecule has 0 saturated heterocycles. The van der Waals surface area contributed by atoms with E-state index in [1.807, 2.05) is 0 Å². The Kier molecular flexibility index (Phi) is 4.59. The quantitative estimate of drug-likeness (QED) is 0.733. The van der Waals surface area contributed by atoms with Crippen molar-refractivity contribution in [1.82, 2.24) is 0 Å². The summed E-state index contributed by atoms with van der Waals surface area (Å²) in [5.41, 5.74) is -1.10. The first kappa shape index (κ1) is 13.3. The van der Waals surface area contributed by atoms with Crippen molar-refractivity contribution < 1.29 is 9.90 Å². The van der Waals surface area contributed by atoms with E-state index in [1.165, 1.54) is 6.92 Å². The highest BCUT2D eigenvalue weighted by Crippen LogP contribution is 2.31. The van der Waals surface area contributed by atoms with Gasteiger partial charge in [0, 0.05) is 0 Å². The molecule has 1 fully saturated rings. The molecule has 0 amide bonds. The van der Waals surface area contributed by atoms with Crippen LogP contribution >= 0.6 is 0 Å². The van der Waals surface area contributed by atoms with Crippen LogP contribution in [0, 0.1) is 10.8 Å². The third kappa shape index (κ3) is 3.11. The second kappa shape index (κ2) is 5.53. The number of nitrogens with zero attached hydrogens (tertiary/aromatic N) is 1. The number of carbonyl (C=O) groups is 1. The maximum absolute atomic E-state index is 11.3. The third-order valence-corrected chi connectivity index (χ3v) is 3.83. The molecule has 4 nitrogen and oxygen atoms in total. The van der Waals surface area contributed by atoms with Crippen LogP contribution in [0.15, 0.2) is 5.18 Å². The normalized spacial score (nSPS) is 29.4. The number of aliphatic hydroxyl groups excluding tert-OH is 1. The van der Waals surface area contributed by atoms with Gasteiger partial charge in [-0.15, -0.1) is 4.91 Å². The molecule has 16 heavy (non-hydrogen) atoms. The Morgan fingerprint density at radius 1 is 1.44 bits per heavy atom. The smallest absolute Gasteiger partial charge is 0.160 e. The van der Waals surface area contributed by atoms with Crippen molar-refractivity contribution in [1.29, 1.82) is 0 Å². The number of ketones is 1. The second-order valence-electron chi connectivity index (χ2n) is 5.07. The van der Waals surface area contributed by atoms with Crippen molar-refractivity contribution in [3.63, 3.8) is 0 Å². The van der Waals surface area contributed by atoms with Crippen molar-refractivity contribution in [3.05, 3.63) is 4.91 Å². The van der Waals surface area contributed by atoms with Crippen LogP contribution in [-0.4, -0.2) is 22.5 Å². The Hall–Kier alpha value is -0.770. The maximum atomic E-state index is 11.3. The van der Waals surface area contributed by atoms with Crippen molar-refractivity contribution in [2.75, 3.05) is 0 Å². The van der Waals surface area contributed by atoms with Gasteiger partial charge in [0.05, 0.1) is 6.10 Å². The molecule has 0 radical (unpaired) electrons. The van der Waals surface area contributed by atoms with Gasteiger partial charge < -0.3 is 5.11 Å². The van der Waals surface area contributed by atoms with Crippen LogP contribution in [-0.2, 0) is 4.79 Å². The van der Waals surface area contributed by atoms with Gasteiger partial charge in [-0.2, -0.15) is 0 Å². The third-order valence-electron chi connectivity index (χ3n) is 3.83. The number of rotatable bonds is 5. The van der Waals surface area contributed by atoms with Crippen LogP contribution in [0.25, 0.3) is 0 Å². The molecule has 0 bridgehead atoms. The molecular weight excluding hydrogens is 206 g/mol. The molecular formula is C12H21NO3. The van der Waals surface area contributed by atoms with Crippen molar-refractivity contribution in [3.8, 4) is 0 Å². The lowest BCUT2D eigenvalue weighted by atomic mass is 9.80. The zero-order valence-electron chi connectivity index (χ0n) is 10.1. The zero-order chi connectivity index (χ0) is 12.2. The van der Waals surface area contributed by atoms with Crippen LogP contribution in [0.2, 0.25) is 0 Å². The summed E-state index contributed by atoms with van der Waals surface area (Å²) in [7, 11) is 0. The van der Waals surface area contributed by atoms with Gasteiger partial charge in [0.25, 0.3) is 0 Å². The van der Waals surface area contributed by atoms with E-state index in [9.17, 15) is 14.8 Å². The summed E-state index contributed by atoms with van der Waals surface area (Å²) in [4.78, 5) is 22.0. The summed E-state index contributed by atoms with van der Waals surface area (Å²) in [5, 5.41) is 12.7. The van der Waals surface area contributed by atoms with Gasteiger partial charge in [-0.25, -0.2) is 0 Å². The Morgan fingerprint density at radius 2 is 2.06 bits per heavy atom. The minimum atomic E-state index is -1.10. The number of hydrogen-bond donors (Lipinski definition) is 1. The molecule has 4 heteroatoms. The number of carbonyl (C=O) groups excluding carboxylic acids is 1. The summed E-state index contributed by atoms with van der Waals surface area (Å²) >= 11 is 0. The Morgan fingerprint density at radius 3 is 2.56 bits per heavy atom. The van der Waals surface area contributed by atoms with E-state index in [-0.39, 0.29) is 17.8 Å². The van der Waals surface area contributed by atoms with Crippen LogP contribution < -0.4 is 0 Å². The van der Waals surface area contributed by atoms with Crippen molar-refractivity contribution >= 4 is 5.78 Å². The summed E-state index contributed by atoms with van der Waals surface area (Å²) in [6, 6.07) is 0. The number of Topliss-reactive ketones (excluding diaryl/α,β-unsaturated/α-hetero) is 1. The first-order valence-corrected chi connectivity index (χ1v) is 6.03. The Balaban J connectivity index is 2.48. The number of hydrogen-bond acceptors (Lipinski definition) is 4. The molecule has 1 aliphatic rings. The lowest BCUT2D eigenvalue weighted by Gasteiger charge is -2.29. The topological polar surface area (TPSA) is 66.7 Å². The Bertz CT molecular complexity index is 267. The van der Waals surface area contributed by atoms with Gasteiger partial charge in [-0.3, -0.25) is 4.79 Å². The summed E-state index contributed by atoms with van der Waals surface area (Å²) in [6.07, 6.45) is 4.94. The molecule has 1 unspecified atom stereocenters. The fraction of sp³-hybridized carbons (Fsp3) is 0.917. The number of nitroso groups, excluding NO2 is 1. The average molecular weight is 227 g/mol. The van der Waals surface area contributed by atoms with E-state index in [4.69, 9.17) is 0 Å². The van der Waals surface area contributed by atoms with E-state index in [0.717, 1.165) is 25.7 Å². The second-order valence-corrected chi connectivity index (χ2v) is 5.07. The highest BCUT2D eigenvalue weighted by Gasteiger charge is 2.33. The molecule has 1 saturated carbocycles. The van der Waals surface area contributed by atoms with Crippen LogP contribution in [0.3, 0.4) is 0 Å². The highest BCUT2D eigenvalue weighted by atomic mass is 16.3. The molecule has 0 aromatic carbocycles. The molecule has 1 aliphatic carbocycles. The van der Waals surface area contributed by atoms with Gasteiger partial charge >= 0.3 is 0 Å². The molecule has 3 atom stereocenters. The molecule has 0 aliphatic heterocycles. The molecule has 0 aromatic rings. The SMILES string of the molecule is CC(=O)C(C)(CC[C@@H]1CCCC[C@@H]1O)N=O. The van der Waals surface area contributed by atoms with Crippen molar-refractivity contribution in [2.45, 2.75) is 64.0 Å². The van der Waals surface area contributed by atoms with Gasteiger partial charge in [0.15, 0.2) is 11.3 Å². The van der Waals surface area contributed by atoms with Gasteiger partial charge in [-0.1, -0.05) is 18.0 Å². The molecule has 1 rings (SSSR count). The van der Waals surface area contributed by atoms with E-state index < -0.39 is 5.54 Å². The molecule has 0 spiro atoms. The van der Waals surface area contributed by atoms with Crippen LogP contribution in [0.4, 0.5) is 0 Å². The standard InChI is InChI=1S/C12H21NO3/c1-9(14)12(2,13-16)8-7-10-5-3-4-6-11(10)15/h10-11,15H,3-8H2,1-2H3/t10-,11-,12?/m0/s1. The lowest BCUT2D eigenvalue weighted by molar-refractivity contribution is -0.121. The molecule has 0 aromatic heterocycles. The minimum absolute atomic E-state index is 0.187. The average Bonchev–Trinajstić information content (AvgIpc) is 2.27. The van der Waals surface area contributed by atoms with Crippen LogP contribution in [0.1, 0.15) is 52.4 Å². The maximum Gasteiger partial charge on any atom is 0.160 e. The predicted molar refractivity (Wildman–Crippen MR) is 62.1 cm³/mol. The summed E-state index contributed by atoms with van der Waals surface area (Å²) in [5.74, 6) is 0.0435. The summed E-state index contributed by atoms with van der Waals surface area (Å²) < 4.78 is 0. The fourth-order valence-electron chi connectivity index (χ4n) is 2.28. The monoisotopic (exact) mass is 227 g/mol.